The highest BCUT2D eigenvalue weighted by atomic mass is 16.6. The summed E-state index contributed by atoms with van der Waals surface area (Å²) in [5.41, 5.74) is 0.422. The van der Waals surface area contributed by atoms with Crippen LogP contribution in [0.25, 0.3) is 0 Å². The number of carbonyl (C=O) groups is 1. The molecule has 0 saturated carbocycles. The molecule has 3 heteroatoms. The molecule has 74 valence electrons. The normalized spacial score (nSPS) is 12.2. The van der Waals surface area contributed by atoms with Crippen LogP contribution in [0.3, 0.4) is 0 Å². The van der Waals surface area contributed by atoms with E-state index in [1.165, 1.54) is 0 Å². The molecule has 0 aromatic heterocycles. The van der Waals surface area contributed by atoms with Crippen LogP contribution >= 0.6 is 0 Å². The minimum atomic E-state index is -0.458. The van der Waals surface area contributed by atoms with E-state index in [0.29, 0.717) is 0 Å². The highest BCUT2D eigenvalue weighted by Gasteiger charge is 2.14. The lowest BCUT2D eigenvalue weighted by Gasteiger charge is -2.18. The number of ether oxygens (including phenoxy) is 1. The molecular formula is C10H17NO2. The van der Waals surface area contributed by atoms with Crippen molar-refractivity contribution in [3.05, 3.63) is 24.4 Å². The summed E-state index contributed by atoms with van der Waals surface area (Å²) in [6.07, 6.45) is 2.76. The molecule has 0 unspecified atom stereocenters. The van der Waals surface area contributed by atoms with E-state index in [1.54, 1.807) is 12.3 Å². The monoisotopic (exact) mass is 183 g/mol. The molecule has 3 nitrogen and oxygen atoms in total. The Bertz CT molecular complexity index is 224. The van der Waals surface area contributed by atoms with E-state index < -0.39 is 11.7 Å². The third-order valence-electron chi connectivity index (χ3n) is 1.14. The molecule has 1 amide bonds. The SMILES string of the molecule is C=CC(C)=CNC(=O)OC(C)(C)C. The molecule has 0 bridgehead atoms. The van der Waals surface area contributed by atoms with E-state index >= 15 is 0 Å². The molecule has 0 aliphatic carbocycles. The van der Waals surface area contributed by atoms with E-state index in [0.717, 1.165) is 5.57 Å². The van der Waals surface area contributed by atoms with Crippen molar-refractivity contribution in [2.45, 2.75) is 33.3 Å². The summed E-state index contributed by atoms with van der Waals surface area (Å²) in [5, 5.41) is 2.50. The lowest BCUT2D eigenvalue weighted by atomic mass is 10.2. The Morgan fingerprint density at radius 3 is 2.38 bits per heavy atom. The molecule has 0 saturated heterocycles. The van der Waals surface area contributed by atoms with Crippen molar-refractivity contribution < 1.29 is 9.53 Å². The summed E-state index contributed by atoms with van der Waals surface area (Å²) in [4.78, 5) is 11.1. The molecule has 0 fully saturated rings. The first-order valence-electron chi connectivity index (χ1n) is 4.14. The first-order chi connectivity index (χ1) is 5.85. The number of amides is 1. The zero-order valence-electron chi connectivity index (χ0n) is 8.68. The number of nitrogens with one attached hydrogen (secondary N) is 1. The van der Waals surface area contributed by atoms with Crippen molar-refractivity contribution in [1.29, 1.82) is 0 Å². The van der Waals surface area contributed by atoms with E-state index in [1.807, 2.05) is 27.7 Å². The summed E-state index contributed by atoms with van der Waals surface area (Å²) in [6, 6.07) is 0. The van der Waals surface area contributed by atoms with Crippen molar-refractivity contribution in [1.82, 2.24) is 5.32 Å². The van der Waals surface area contributed by atoms with Gasteiger partial charge in [0.2, 0.25) is 0 Å². The fourth-order valence-corrected chi connectivity index (χ4v) is 0.539. The molecule has 0 aliphatic heterocycles. The molecule has 0 rings (SSSR count). The second-order valence-corrected chi connectivity index (χ2v) is 3.74. The van der Waals surface area contributed by atoms with Crippen LogP contribution in [0.1, 0.15) is 27.7 Å². The Morgan fingerprint density at radius 1 is 1.46 bits per heavy atom. The Balaban J connectivity index is 3.97. The molecule has 13 heavy (non-hydrogen) atoms. The second-order valence-electron chi connectivity index (χ2n) is 3.74. The topological polar surface area (TPSA) is 38.3 Å². The number of allylic oxidation sites excluding steroid dienone is 2. The smallest absolute Gasteiger partial charge is 0.411 e. The van der Waals surface area contributed by atoms with Gasteiger partial charge in [-0.2, -0.15) is 0 Å². The Hall–Kier alpha value is -1.25. The summed E-state index contributed by atoms with van der Waals surface area (Å²) in [7, 11) is 0. The second kappa shape index (κ2) is 4.70. The summed E-state index contributed by atoms with van der Waals surface area (Å²) in [6.45, 7) is 10.8. The minimum Gasteiger partial charge on any atom is -0.444 e. The molecule has 1 N–H and O–H groups in total. The maximum Gasteiger partial charge on any atom is 0.411 e. The average Bonchev–Trinajstić information content (AvgIpc) is 1.97. The van der Waals surface area contributed by atoms with Crippen LogP contribution in [0.15, 0.2) is 24.4 Å². The first kappa shape index (κ1) is 11.8. The Kier molecular flexibility index (Phi) is 4.25. The minimum absolute atomic E-state index is 0.450. The molecular weight excluding hydrogens is 166 g/mol. The van der Waals surface area contributed by atoms with Gasteiger partial charge in [0.05, 0.1) is 0 Å². The predicted molar refractivity (Wildman–Crippen MR) is 53.3 cm³/mol. The van der Waals surface area contributed by atoms with Crippen LogP contribution in [0.2, 0.25) is 0 Å². The molecule has 0 heterocycles. The zero-order chi connectivity index (χ0) is 10.5. The molecule has 0 aliphatic rings. The molecule has 0 atom stereocenters. The lowest BCUT2D eigenvalue weighted by Crippen LogP contribution is -2.29. The van der Waals surface area contributed by atoms with Gasteiger partial charge in [0.1, 0.15) is 5.60 Å². The van der Waals surface area contributed by atoms with Crippen molar-refractivity contribution in [3.63, 3.8) is 0 Å². The van der Waals surface area contributed by atoms with E-state index in [2.05, 4.69) is 11.9 Å². The van der Waals surface area contributed by atoms with Crippen molar-refractivity contribution >= 4 is 6.09 Å². The average molecular weight is 183 g/mol. The molecule has 0 aromatic carbocycles. The van der Waals surface area contributed by atoms with Gasteiger partial charge >= 0.3 is 6.09 Å². The van der Waals surface area contributed by atoms with Gasteiger partial charge in [-0.25, -0.2) is 4.79 Å². The predicted octanol–water partition coefficient (Wildman–Crippen LogP) is 2.60. The number of alkyl carbamates (subject to hydrolysis) is 1. The first-order valence-corrected chi connectivity index (χ1v) is 4.14. The van der Waals surface area contributed by atoms with Gasteiger partial charge in [0, 0.05) is 6.20 Å². The quantitative estimate of drug-likeness (QED) is 0.668. The standard InChI is InChI=1S/C10H17NO2/c1-6-8(2)7-11-9(12)13-10(3,4)5/h6-7H,1H2,2-5H3,(H,11,12). The van der Waals surface area contributed by atoms with Gasteiger partial charge in [-0.05, 0) is 33.3 Å². The van der Waals surface area contributed by atoms with Gasteiger partial charge in [-0.1, -0.05) is 12.7 Å². The molecule has 0 radical (unpaired) electrons. The zero-order valence-corrected chi connectivity index (χ0v) is 8.68. The van der Waals surface area contributed by atoms with Crippen LogP contribution in [0.5, 0.6) is 0 Å². The molecule has 0 spiro atoms. The highest BCUT2D eigenvalue weighted by Crippen LogP contribution is 2.06. The fraction of sp³-hybridized carbons (Fsp3) is 0.500. The van der Waals surface area contributed by atoms with Crippen LogP contribution < -0.4 is 5.32 Å². The summed E-state index contributed by atoms with van der Waals surface area (Å²) in [5.74, 6) is 0. The maximum absolute atomic E-state index is 11.1. The fourth-order valence-electron chi connectivity index (χ4n) is 0.539. The summed E-state index contributed by atoms with van der Waals surface area (Å²) >= 11 is 0. The Labute approximate surface area is 79.5 Å². The lowest BCUT2D eigenvalue weighted by molar-refractivity contribution is 0.0552. The van der Waals surface area contributed by atoms with Crippen LogP contribution in [0.4, 0.5) is 4.79 Å². The highest BCUT2D eigenvalue weighted by molar-refractivity contribution is 5.69. The van der Waals surface area contributed by atoms with Crippen LogP contribution in [-0.4, -0.2) is 11.7 Å². The van der Waals surface area contributed by atoms with Crippen LogP contribution in [0, 0.1) is 0 Å². The number of hydrogen-bond donors (Lipinski definition) is 1. The van der Waals surface area contributed by atoms with Crippen molar-refractivity contribution in [2.75, 3.05) is 0 Å². The van der Waals surface area contributed by atoms with Gasteiger partial charge in [0.25, 0.3) is 0 Å². The Morgan fingerprint density at radius 2 is 2.00 bits per heavy atom. The number of rotatable bonds is 2. The number of hydrogen-bond acceptors (Lipinski definition) is 2. The third kappa shape index (κ3) is 7.12. The molecule has 0 aromatic rings. The van der Waals surface area contributed by atoms with Gasteiger partial charge in [-0.15, -0.1) is 0 Å². The maximum atomic E-state index is 11.1. The van der Waals surface area contributed by atoms with Crippen LogP contribution in [-0.2, 0) is 4.74 Å². The van der Waals surface area contributed by atoms with Gasteiger partial charge in [-0.3, -0.25) is 5.32 Å². The van der Waals surface area contributed by atoms with E-state index in [4.69, 9.17) is 4.74 Å². The van der Waals surface area contributed by atoms with Gasteiger partial charge in [0.15, 0.2) is 0 Å². The van der Waals surface area contributed by atoms with Crippen molar-refractivity contribution in [2.24, 2.45) is 0 Å². The largest absolute Gasteiger partial charge is 0.444 e. The van der Waals surface area contributed by atoms with E-state index in [9.17, 15) is 4.79 Å². The summed E-state index contributed by atoms with van der Waals surface area (Å²) < 4.78 is 5.00. The van der Waals surface area contributed by atoms with Gasteiger partial charge < -0.3 is 4.74 Å². The number of carbonyl (C=O) groups excluding carboxylic acids is 1. The third-order valence-corrected chi connectivity index (χ3v) is 1.14. The van der Waals surface area contributed by atoms with E-state index in [-0.39, 0.29) is 0 Å². The van der Waals surface area contributed by atoms with Crippen molar-refractivity contribution in [3.8, 4) is 0 Å².